The molecule has 0 saturated heterocycles. The van der Waals surface area contributed by atoms with Gasteiger partial charge in [-0.2, -0.15) is 0 Å². The Hall–Kier alpha value is -2.37. The van der Waals surface area contributed by atoms with Crippen LogP contribution >= 0.6 is 11.6 Å². The quantitative estimate of drug-likeness (QED) is 0.744. The Labute approximate surface area is 145 Å². The van der Waals surface area contributed by atoms with Crippen LogP contribution in [0, 0.1) is 0 Å². The number of nitrogens with zero attached hydrogens (tertiary/aromatic N) is 3. The fourth-order valence-corrected chi connectivity index (χ4v) is 2.83. The van der Waals surface area contributed by atoms with Crippen molar-refractivity contribution in [3.63, 3.8) is 0 Å². The molecule has 0 spiro atoms. The third-order valence-corrected chi connectivity index (χ3v) is 4.33. The monoisotopic (exact) mass is 343 g/mol. The molecular weight excluding hydrogens is 326 g/mol. The van der Waals surface area contributed by atoms with Crippen LogP contribution in [-0.4, -0.2) is 25.2 Å². The Bertz CT molecular complexity index is 835. The number of aromatic nitrogens is 3. The molecule has 124 valence electrons. The minimum Gasteiger partial charge on any atom is -0.506 e. The Kier molecular flexibility index (Phi) is 4.55. The molecule has 0 aliphatic rings. The average Bonchev–Trinajstić information content (AvgIpc) is 3.03. The summed E-state index contributed by atoms with van der Waals surface area (Å²) in [6.45, 7) is 1.93. The molecule has 0 bridgehead atoms. The van der Waals surface area contributed by atoms with Crippen LogP contribution in [0.15, 0.2) is 54.7 Å². The van der Waals surface area contributed by atoms with Gasteiger partial charge in [-0.1, -0.05) is 54.1 Å². The van der Waals surface area contributed by atoms with E-state index in [1.807, 2.05) is 37.3 Å². The Morgan fingerprint density at radius 1 is 1.17 bits per heavy atom. The summed E-state index contributed by atoms with van der Waals surface area (Å²) in [6.07, 6.45) is 2.59. The highest BCUT2D eigenvalue weighted by Crippen LogP contribution is 2.29. The van der Waals surface area contributed by atoms with E-state index in [-0.39, 0.29) is 5.75 Å². The number of rotatable bonds is 5. The first-order valence-corrected chi connectivity index (χ1v) is 8.07. The maximum Gasteiger partial charge on any atom is 0.142 e. The summed E-state index contributed by atoms with van der Waals surface area (Å²) in [5.41, 5.74) is 0.955. The van der Waals surface area contributed by atoms with Gasteiger partial charge in [-0.05, 0) is 24.1 Å². The van der Waals surface area contributed by atoms with Crippen molar-refractivity contribution < 1.29 is 10.2 Å². The Morgan fingerprint density at radius 3 is 2.58 bits per heavy atom. The van der Waals surface area contributed by atoms with Crippen LogP contribution in [0.2, 0.25) is 5.02 Å². The Balaban J connectivity index is 1.88. The number of hydrogen-bond donors (Lipinski definition) is 2. The van der Waals surface area contributed by atoms with Crippen molar-refractivity contribution in [3.05, 3.63) is 71.0 Å². The number of aromatic hydroxyl groups is 1. The van der Waals surface area contributed by atoms with Crippen molar-refractivity contribution in [2.24, 2.45) is 0 Å². The van der Waals surface area contributed by atoms with Crippen LogP contribution in [0.4, 0.5) is 0 Å². The zero-order valence-corrected chi connectivity index (χ0v) is 14.0. The van der Waals surface area contributed by atoms with Gasteiger partial charge in [0.25, 0.3) is 0 Å². The molecule has 6 heteroatoms. The fraction of sp³-hybridized carbons (Fsp3) is 0.222. The minimum atomic E-state index is -1.01. The van der Waals surface area contributed by atoms with E-state index < -0.39 is 5.60 Å². The van der Waals surface area contributed by atoms with Crippen molar-refractivity contribution >= 4 is 11.6 Å². The van der Waals surface area contributed by atoms with Crippen LogP contribution in [0.25, 0.3) is 5.69 Å². The number of halogens is 1. The summed E-state index contributed by atoms with van der Waals surface area (Å²) >= 11 is 5.85. The molecule has 1 heterocycles. The van der Waals surface area contributed by atoms with Gasteiger partial charge in [0.15, 0.2) is 0 Å². The third kappa shape index (κ3) is 3.27. The van der Waals surface area contributed by atoms with Crippen molar-refractivity contribution in [2.75, 3.05) is 0 Å². The molecule has 1 atom stereocenters. The lowest BCUT2D eigenvalue weighted by Gasteiger charge is -2.26. The van der Waals surface area contributed by atoms with Crippen LogP contribution in [0.3, 0.4) is 0 Å². The van der Waals surface area contributed by atoms with Gasteiger partial charge in [0, 0.05) is 17.5 Å². The molecule has 3 rings (SSSR count). The summed E-state index contributed by atoms with van der Waals surface area (Å²) in [4.78, 5) is 0. The molecule has 3 aromatic rings. The van der Waals surface area contributed by atoms with Gasteiger partial charge >= 0.3 is 0 Å². The molecule has 0 amide bonds. The number of benzene rings is 2. The highest BCUT2D eigenvalue weighted by molar-refractivity contribution is 6.30. The second kappa shape index (κ2) is 6.63. The van der Waals surface area contributed by atoms with Crippen LogP contribution in [-0.2, 0) is 12.0 Å². The van der Waals surface area contributed by atoms with Crippen molar-refractivity contribution in [3.8, 4) is 11.4 Å². The second-order valence-corrected chi connectivity index (χ2v) is 6.15. The number of phenols is 1. The van der Waals surface area contributed by atoms with Gasteiger partial charge < -0.3 is 10.2 Å². The van der Waals surface area contributed by atoms with Gasteiger partial charge in [-0.15, -0.1) is 5.10 Å². The summed E-state index contributed by atoms with van der Waals surface area (Å²) in [5.74, 6) is 0.0211. The SMILES string of the molecule is CCC(O)(Cc1cn(-c2ccc(Cl)cc2O)nn1)c1ccccc1. The van der Waals surface area contributed by atoms with Gasteiger partial charge in [0.1, 0.15) is 11.4 Å². The van der Waals surface area contributed by atoms with E-state index in [0.717, 1.165) is 5.56 Å². The summed E-state index contributed by atoms with van der Waals surface area (Å²) < 4.78 is 1.47. The lowest BCUT2D eigenvalue weighted by Crippen LogP contribution is -2.27. The first kappa shape index (κ1) is 16.5. The van der Waals surface area contributed by atoms with Crippen molar-refractivity contribution in [2.45, 2.75) is 25.4 Å². The fourth-order valence-electron chi connectivity index (χ4n) is 2.67. The molecule has 24 heavy (non-hydrogen) atoms. The van der Waals surface area contributed by atoms with Crippen LogP contribution in [0.5, 0.6) is 5.75 Å². The van der Waals surface area contributed by atoms with E-state index in [0.29, 0.717) is 29.2 Å². The van der Waals surface area contributed by atoms with Crippen molar-refractivity contribution in [1.29, 1.82) is 0 Å². The molecule has 0 saturated carbocycles. The van der Waals surface area contributed by atoms with Gasteiger partial charge in [-0.3, -0.25) is 0 Å². The van der Waals surface area contributed by atoms with E-state index in [9.17, 15) is 10.2 Å². The van der Waals surface area contributed by atoms with E-state index in [1.165, 1.54) is 10.7 Å². The molecule has 1 aromatic heterocycles. The van der Waals surface area contributed by atoms with Crippen LogP contribution < -0.4 is 0 Å². The summed E-state index contributed by atoms with van der Waals surface area (Å²) in [5, 5.41) is 29.6. The molecular formula is C18H18ClN3O2. The largest absolute Gasteiger partial charge is 0.506 e. The van der Waals surface area contributed by atoms with Gasteiger partial charge in [0.2, 0.25) is 0 Å². The third-order valence-electron chi connectivity index (χ3n) is 4.09. The zero-order chi connectivity index (χ0) is 17.2. The molecule has 0 aliphatic carbocycles. The lowest BCUT2D eigenvalue weighted by atomic mass is 9.87. The number of phenolic OH excluding ortho intramolecular Hbond substituents is 1. The zero-order valence-electron chi connectivity index (χ0n) is 13.2. The van der Waals surface area contributed by atoms with Crippen molar-refractivity contribution in [1.82, 2.24) is 15.0 Å². The Morgan fingerprint density at radius 2 is 1.92 bits per heavy atom. The maximum absolute atomic E-state index is 11.0. The number of aliphatic hydroxyl groups is 1. The predicted molar refractivity (Wildman–Crippen MR) is 92.4 cm³/mol. The average molecular weight is 344 g/mol. The smallest absolute Gasteiger partial charge is 0.142 e. The van der Waals surface area contributed by atoms with E-state index in [4.69, 9.17) is 11.6 Å². The normalized spacial score (nSPS) is 13.6. The number of hydrogen-bond acceptors (Lipinski definition) is 4. The first-order chi connectivity index (χ1) is 11.5. The standard InChI is InChI=1S/C18H18ClN3O2/c1-2-18(24,13-6-4-3-5-7-13)11-15-12-22(21-20-15)16-9-8-14(19)10-17(16)23/h3-10,12,23-24H,2,11H2,1H3. The minimum absolute atomic E-state index is 0.0211. The maximum atomic E-state index is 11.0. The highest BCUT2D eigenvalue weighted by atomic mass is 35.5. The van der Waals surface area contributed by atoms with Crippen LogP contribution in [0.1, 0.15) is 24.6 Å². The van der Waals surface area contributed by atoms with Gasteiger partial charge in [-0.25, -0.2) is 4.68 Å². The lowest BCUT2D eigenvalue weighted by molar-refractivity contribution is 0.0317. The predicted octanol–water partition coefficient (Wildman–Crippen LogP) is 3.47. The van der Waals surface area contributed by atoms with E-state index in [1.54, 1.807) is 18.3 Å². The highest BCUT2D eigenvalue weighted by Gasteiger charge is 2.28. The summed E-state index contributed by atoms with van der Waals surface area (Å²) in [7, 11) is 0. The topological polar surface area (TPSA) is 71.2 Å². The van der Waals surface area contributed by atoms with Gasteiger partial charge in [0.05, 0.1) is 17.5 Å². The molecule has 0 radical (unpaired) electrons. The first-order valence-electron chi connectivity index (χ1n) is 7.70. The molecule has 2 N–H and O–H groups in total. The molecule has 0 fully saturated rings. The molecule has 5 nitrogen and oxygen atoms in total. The van der Waals surface area contributed by atoms with E-state index in [2.05, 4.69) is 10.3 Å². The molecule has 0 aliphatic heterocycles. The molecule has 1 unspecified atom stereocenters. The summed E-state index contributed by atoms with van der Waals surface area (Å²) in [6, 6.07) is 14.3. The second-order valence-electron chi connectivity index (χ2n) is 5.72. The molecule has 2 aromatic carbocycles. The van der Waals surface area contributed by atoms with E-state index >= 15 is 0 Å².